The number of rotatable bonds is 5. The third kappa shape index (κ3) is 3.70. The average Bonchev–Trinajstić information content (AvgIpc) is 2.36. The zero-order valence-electron chi connectivity index (χ0n) is 10.9. The number of hydrogen-bond donors (Lipinski definition) is 0. The number of nitrogens with zero attached hydrogens (tertiary/aromatic N) is 1. The standard InChI is InChI=1S/C16H21N/c1-5-9-13(2)14(3)16(12-17-4)15-10-7-6-8-11-15/h5-14H,4H2,1-3H3/b9-5-,16-12+/t13?,14-/m0/s1. The summed E-state index contributed by atoms with van der Waals surface area (Å²) in [6.45, 7) is 10.1. The second kappa shape index (κ2) is 6.85. The van der Waals surface area contributed by atoms with E-state index in [1.807, 2.05) is 12.3 Å². The molecule has 0 heterocycles. The number of benzene rings is 1. The van der Waals surface area contributed by atoms with E-state index in [-0.39, 0.29) is 0 Å². The fourth-order valence-corrected chi connectivity index (χ4v) is 1.94. The van der Waals surface area contributed by atoms with E-state index in [9.17, 15) is 0 Å². The largest absolute Gasteiger partial charge is 0.272 e. The van der Waals surface area contributed by atoms with Gasteiger partial charge >= 0.3 is 0 Å². The van der Waals surface area contributed by atoms with Crippen LogP contribution in [-0.2, 0) is 0 Å². The minimum Gasteiger partial charge on any atom is -0.272 e. The van der Waals surface area contributed by atoms with Crippen molar-refractivity contribution in [3.63, 3.8) is 0 Å². The van der Waals surface area contributed by atoms with Crippen molar-refractivity contribution in [2.75, 3.05) is 0 Å². The second-order valence-electron chi connectivity index (χ2n) is 4.31. The SMILES string of the molecule is C=N/C=C(/c1ccccc1)[C@@H](C)C(C)/C=C\C. The van der Waals surface area contributed by atoms with E-state index in [1.54, 1.807) is 0 Å². The Morgan fingerprint density at radius 1 is 1.24 bits per heavy atom. The molecule has 1 rings (SSSR count). The quantitative estimate of drug-likeness (QED) is 0.516. The van der Waals surface area contributed by atoms with Crippen LogP contribution in [0.25, 0.3) is 5.57 Å². The third-order valence-electron chi connectivity index (χ3n) is 3.11. The summed E-state index contributed by atoms with van der Waals surface area (Å²) < 4.78 is 0. The molecule has 0 amide bonds. The summed E-state index contributed by atoms with van der Waals surface area (Å²) in [5.74, 6) is 0.923. The molecule has 0 aliphatic rings. The Labute approximate surface area is 105 Å². The first-order valence-electron chi connectivity index (χ1n) is 6.04. The van der Waals surface area contributed by atoms with Crippen LogP contribution in [0.2, 0.25) is 0 Å². The van der Waals surface area contributed by atoms with Gasteiger partial charge in [0.2, 0.25) is 0 Å². The van der Waals surface area contributed by atoms with Crippen molar-refractivity contribution >= 4 is 12.3 Å². The lowest BCUT2D eigenvalue weighted by Gasteiger charge is -2.20. The van der Waals surface area contributed by atoms with Gasteiger partial charge in [-0.3, -0.25) is 4.99 Å². The summed E-state index contributed by atoms with van der Waals surface area (Å²) in [6.07, 6.45) is 6.20. The molecule has 1 aromatic rings. The van der Waals surface area contributed by atoms with Gasteiger partial charge in [0.25, 0.3) is 0 Å². The summed E-state index contributed by atoms with van der Waals surface area (Å²) in [6, 6.07) is 10.4. The first-order valence-corrected chi connectivity index (χ1v) is 6.04. The molecular formula is C16H21N. The molecular weight excluding hydrogens is 206 g/mol. The minimum atomic E-state index is 0.430. The molecule has 0 bridgehead atoms. The molecule has 90 valence electrons. The highest BCUT2D eigenvalue weighted by molar-refractivity contribution is 5.67. The lowest BCUT2D eigenvalue weighted by Crippen LogP contribution is -2.07. The summed E-state index contributed by atoms with van der Waals surface area (Å²) in [5, 5.41) is 0. The highest BCUT2D eigenvalue weighted by Crippen LogP contribution is 2.29. The maximum atomic E-state index is 3.94. The Morgan fingerprint density at radius 3 is 2.41 bits per heavy atom. The molecule has 0 radical (unpaired) electrons. The zero-order chi connectivity index (χ0) is 12.7. The average molecular weight is 227 g/mol. The van der Waals surface area contributed by atoms with Crippen molar-refractivity contribution < 1.29 is 0 Å². The lowest BCUT2D eigenvalue weighted by molar-refractivity contribution is 0.572. The van der Waals surface area contributed by atoms with Crippen molar-refractivity contribution in [2.24, 2.45) is 16.8 Å². The van der Waals surface area contributed by atoms with Gasteiger partial charge in [-0.2, -0.15) is 0 Å². The summed E-state index contributed by atoms with van der Waals surface area (Å²) in [7, 11) is 0. The predicted octanol–water partition coefficient (Wildman–Crippen LogP) is 4.58. The molecule has 1 aromatic carbocycles. The molecule has 1 unspecified atom stereocenters. The summed E-state index contributed by atoms with van der Waals surface area (Å²) in [4.78, 5) is 3.94. The van der Waals surface area contributed by atoms with Gasteiger partial charge in [0.15, 0.2) is 0 Å². The molecule has 2 atom stereocenters. The monoisotopic (exact) mass is 227 g/mol. The van der Waals surface area contributed by atoms with Crippen LogP contribution in [0.4, 0.5) is 0 Å². The molecule has 0 saturated heterocycles. The molecule has 0 fully saturated rings. The zero-order valence-corrected chi connectivity index (χ0v) is 10.9. The third-order valence-corrected chi connectivity index (χ3v) is 3.11. The van der Waals surface area contributed by atoms with E-state index in [2.05, 4.69) is 68.9 Å². The van der Waals surface area contributed by atoms with Crippen molar-refractivity contribution in [3.05, 3.63) is 54.2 Å². The first-order chi connectivity index (χ1) is 8.20. The van der Waals surface area contributed by atoms with Crippen LogP contribution in [0.3, 0.4) is 0 Å². The summed E-state index contributed by atoms with van der Waals surface area (Å²) in [5.41, 5.74) is 2.47. The van der Waals surface area contributed by atoms with E-state index in [0.717, 1.165) is 0 Å². The Balaban J connectivity index is 3.03. The van der Waals surface area contributed by atoms with Crippen LogP contribution in [0.1, 0.15) is 26.3 Å². The van der Waals surface area contributed by atoms with Gasteiger partial charge in [0.05, 0.1) is 0 Å². The van der Waals surface area contributed by atoms with Crippen LogP contribution >= 0.6 is 0 Å². The normalized spacial score (nSPS) is 15.8. The Hall–Kier alpha value is -1.63. The maximum Gasteiger partial charge on any atom is 0.0301 e. The van der Waals surface area contributed by atoms with Gasteiger partial charge in [-0.25, -0.2) is 0 Å². The van der Waals surface area contributed by atoms with Crippen molar-refractivity contribution in [3.8, 4) is 0 Å². The predicted molar refractivity (Wildman–Crippen MR) is 77.1 cm³/mol. The second-order valence-corrected chi connectivity index (χ2v) is 4.31. The lowest BCUT2D eigenvalue weighted by atomic mass is 9.85. The Kier molecular flexibility index (Phi) is 5.41. The molecule has 0 aromatic heterocycles. The number of aliphatic imine (C=N–C) groups is 1. The smallest absolute Gasteiger partial charge is 0.0301 e. The van der Waals surface area contributed by atoms with Gasteiger partial charge < -0.3 is 0 Å². The van der Waals surface area contributed by atoms with Crippen LogP contribution in [0, 0.1) is 11.8 Å². The molecule has 0 aliphatic heterocycles. The Morgan fingerprint density at radius 2 is 1.88 bits per heavy atom. The van der Waals surface area contributed by atoms with Crippen LogP contribution in [0.15, 0.2) is 53.7 Å². The molecule has 0 spiro atoms. The molecule has 17 heavy (non-hydrogen) atoms. The van der Waals surface area contributed by atoms with E-state index >= 15 is 0 Å². The fourth-order valence-electron chi connectivity index (χ4n) is 1.94. The summed E-state index contributed by atoms with van der Waals surface area (Å²) >= 11 is 0. The molecule has 0 N–H and O–H groups in total. The first kappa shape index (κ1) is 13.4. The Bertz CT molecular complexity index is 401. The van der Waals surface area contributed by atoms with E-state index in [4.69, 9.17) is 0 Å². The van der Waals surface area contributed by atoms with Gasteiger partial charge in [0.1, 0.15) is 0 Å². The van der Waals surface area contributed by atoms with Crippen molar-refractivity contribution in [1.82, 2.24) is 0 Å². The van der Waals surface area contributed by atoms with Crippen LogP contribution in [-0.4, -0.2) is 6.72 Å². The number of hydrogen-bond acceptors (Lipinski definition) is 1. The van der Waals surface area contributed by atoms with Gasteiger partial charge in [-0.1, -0.05) is 56.3 Å². The van der Waals surface area contributed by atoms with Gasteiger partial charge in [-0.15, -0.1) is 0 Å². The fraction of sp³-hybridized carbons (Fsp3) is 0.312. The van der Waals surface area contributed by atoms with E-state index in [0.29, 0.717) is 11.8 Å². The van der Waals surface area contributed by atoms with Crippen molar-refractivity contribution in [2.45, 2.75) is 20.8 Å². The van der Waals surface area contributed by atoms with Gasteiger partial charge in [0, 0.05) is 6.20 Å². The highest BCUT2D eigenvalue weighted by Gasteiger charge is 2.15. The van der Waals surface area contributed by atoms with Crippen molar-refractivity contribution in [1.29, 1.82) is 0 Å². The van der Waals surface area contributed by atoms with Crippen LogP contribution < -0.4 is 0 Å². The number of allylic oxidation sites excluding steroid dienone is 3. The van der Waals surface area contributed by atoms with E-state index in [1.165, 1.54) is 11.1 Å². The topological polar surface area (TPSA) is 12.4 Å². The maximum absolute atomic E-state index is 3.94. The molecule has 0 aliphatic carbocycles. The minimum absolute atomic E-state index is 0.430. The molecule has 0 saturated carbocycles. The highest BCUT2D eigenvalue weighted by atomic mass is 14.6. The van der Waals surface area contributed by atoms with E-state index < -0.39 is 0 Å². The molecule has 1 nitrogen and oxygen atoms in total. The van der Waals surface area contributed by atoms with Gasteiger partial charge in [-0.05, 0) is 36.6 Å². The molecule has 1 heteroatoms. The van der Waals surface area contributed by atoms with Crippen LogP contribution in [0.5, 0.6) is 0 Å².